The summed E-state index contributed by atoms with van der Waals surface area (Å²) in [6.45, 7) is 1.75. The van der Waals surface area contributed by atoms with E-state index in [-0.39, 0.29) is 40.0 Å². The number of benzene rings is 1. The zero-order valence-electron chi connectivity index (χ0n) is 15.8. The smallest absolute Gasteiger partial charge is 0.242 e. The molecule has 158 valence electrons. The van der Waals surface area contributed by atoms with Crippen LogP contribution in [0.15, 0.2) is 23.4 Å². The fourth-order valence-electron chi connectivity index (χ4n) is 2.65. The maximum absolute atomic E-state index is 13.8. The Morgan fingerprint density at radius 2 is 2.00 bits per heavy atom. The maximum Gasteiger partial charge on any atom is 0.242 e. The highest BCUT2D eigenvalue weighted by molar-refractivity contribution is 7.99. The average molecular weight is 462 g/mol. The van der Waals surface area contributed by atoms with Crippen LogP contribution in [-0.2, 0) is 10.0 Å². The van der Waals surface area contributed by atoms with Crippen LogP contribution in [0.2, 0.25) is 5.02 Å². The average Bonchev–Trinajstić information content (AvgIpc) is 3.45. The van der Waals surface area contributed by atoms with Gasteiger partial charge in [0.05, 0.1) is 23.9 Å². The normalized spacial score (nSPS) is 16.3. The highest BCUT2D eigenvalue weighted by atomic mass is 35.5. The summed E-state index contributed by atoms with van der Waals surface area (Å²) in [5, 5.41) is 12.7. The van der Waals surface area contributed by atoms with Crippen molar-refractivity contribution < 1.29 is 17.9 Å². The minimum Gasteiger partial charge on any atom is -0.394 e. The van der Waals surface area contributed by atoms with Gasteiger partial charge in [-0.05, 0) is 43.4 Å². The third-order valence-corrected chi connectivity index (χ3v) is 6.17. The summed E-state index contributed by atoms with van der Waals surface area (Å²) in [6.07, 6.45) is 2.99. The molecule has 2 aromatic rings. The van der Waals surface area contributed by atoms with Crippen LogP contribution >= 0.6 is 23.4 Å². The van der Waals surface area contributed by atoms with Crippen LogP contribution in [0.1, 0.15) is 30.6 Å². The van der Waals surface area contributed by atoms with Crippen LogP contribution in [-0.4, -0.2) is 47.4 Å². The number of sulfonamides is 1. The SMILES string of the molecule is CC(Sc1nc(N[C@@H](CO)C2CC2)nc(NS(C)(=O)=O)n1)c1ccc(Cl)c(F)c1. The summed E-state index contributed by atoms with van der Waals surface area (Å²) in [4.78, 5) is 12.6. The second-order valence-electron chi connectivity index (χ2n) is 6.84. The third-order valence-electron chi connectivity index (χ3n) is 4.29. The quantitative estimate of drug-likeness (QED) is 0.488. The van der Waals surface area contributed by atoms with Gasteiger partial charge in [0.25, 0.3) is 0 Å². The van der Waals surface area contributed by atoms with E-state index < -0.39 is 15.8 Å². The molecule has 1 aromatic carbocycles. The predicted octanol–water partition coefficient (Wildman–Crippen LogP) is 3.07. The number of nitrogens with one attached hydrogen (secondary N) is 2. The van der Waals surface area contributed by atoms with Gasteiger partial charge in [-0.25, -0.2) is 12.8 Å². The second-order valence-corrected chi connectivity index (χ2v) is 10.3. The number of halogens is 2. The summed E-state index contributed by atoms with van der Waals surface area (Å²) < 4.78 is 39.2. The number of thioether (sulfide) groups is 1. The highest BCUT2D eigenvalue weighted by Gasteiger charge is 2.31. The monoisotopic (exact) mass is 461 g/mol. The fourth-order valence-corrected chi connectivity index (χ4v) is 4.07. The van der Waals surface area contributed by atoms with Gasteiger partial charge < -0.3 is 10.4 Å². The van der Waals surface area contributed by atoms with E-state index in [4.69, 9.17) is 11.6 Å². The lowest BCUT2D eigenvalue weighted by Crippen LogP contribution is -2.27. The Labute approximate surface area is 177 Å². The first-order valence-electron chi connectivity index (χ1n) is 8.87. The maximum atomic E-state index is 13.8. The standard InChI is InChI=1S/C17H21ClFN5O3S2/c1-9(11-5-6-12(18)13(19)7-11)28-17-22-15(20-14(8-25)10-3-4-10)21-16(23-17)24-29(2,26)27/h5-7,9-10,14,25H,3-4,8H2,1-2H3,(H2,20,21,22,23,24)/t9?,14-/m0/s1. The molecule has 29 heavy (non-hydrogen) atoms. The van der Waals surface area contributed by atoms with Gasteiger partial charge in [0.2, 0.25) is 21.9 Å². The van der Waals surface area contributed by atoms with Crippen LogP contribution in [0.25, 0.3) is 0 Å². The minimum atomic E-state index is -3.59. The molecule has 0 bridgehead atoms. The first kappa shape index (κ1) is 22.0. The topological polar surface area (TPSA) is 117 Å². The molecule has 1 aromatic heterocycles. The molecule has 3 rings (SSSR count). The van der Waals surface area contributed by atoms with Crippen molar-refractivity contribution in [1.29, 1.82) is 0 Å². The van der Waals surface area contributed by atoms with E-state index in [1.165, 1.54) is 23.9 Å². The number of nitrogens with zero attached hydrogens (tertiary/aromatic N) is 3. The molecule has 3 N–H and O–H groups in total. The van der Waals surface area contributed by atoms with Crippen molar-refractivity contribution >= 4 is 45.3 Å². The van der Waals surface area contributed by atoms with Gasteiger partial charge >= 0.3 is 0 Å². The van der Waals surface area contributed by atoms with Crippen LogP contribution < -0.4 is 10.0 Å². The molecule has 1 aliphatic carbocycles. The summed E-state index contributed by atoms with van der Waals surface area (Å²) in [6, 6.07) is 4.30. The molecule has 0 aliphatic heterocycles. The van der Waals surface area contributed by atoms with Gasteiger partial charge in [0.15, 0.2) is 5.16 Å². The summed E-state index contributed by atoms with van der Waals surface area (Å²) in [7, 11) is -3.59. The van der Waals surface area contributed by atoms with E-state index in [0.717, 1.165) is 19.1 Å². The zero-order chi connectivity index (χ0) is 21.2. The molecule has 12 heteroatoms. The molecule has 1 unspecified atom stereocenters. The van der Waals surface area contributed by atoms with Gasteiger partial charge in [-0.15, -0.1) is 0 Å². The van der Waals surface area contributed by atoms with Gasteiger partial charge in [0.1, 0.15) is 5.82 Å². The number of aliphatic hydroxyl groups is 1. The molecular formula is C17H21ClFN5O3S2. The van der Waals surface area contributed by atoms with Crippen molar-refractivity contribution in [2.45, 2.75) is 36.2 Å². The summed E-state index contributed by atoms with van der Waals surface area (Å²) >= 11 is 6.95. The Kier molecular flexibility index (Phi) is 6.82. The predicted molar refractivity (Wildman–Crippen MR) is 111 cm³/mol. The molecule has 8 nitrogen and oxygen atoms in total. The number of aromatic nitrogens is 3. The van der Waals surface area contributed by atoms with Crippen molar-refractivity contribution in [3.63, 3.8) is 0 Å². The van der Waals surface area contributed by atoms with E-state index in [9.17, 15) is 17.9 Å². The van der Waals surface area contributed by atoms with Crippen LogP contribution in [0, 0.1) is 11.7 Å². The van der Waals surface area contributed by atoms with E-state index in [1.54, 1.807) is 6.07 Å². The van der Waals surface area contributed by atoms with Gasteiger partial charge in [-0.1, -0.05) is 29.4 Å². The van der Waals surface area contributed by atoms with E-state index in [0.29, 0.717) is 11.5 Å². The largest absolute Gasteiger partial charge is 0.394 e. The third kappa shape index (κ3) is 6.39. The molecule has 1 heterocycles. The van der Waals surface area contributed by atoms with E-state index in [2.05, 4.69) is 25.0 Å². The number of aliphatic hydroxyl groups excluding tert-OH is 1. The Hall–Kier alpha value is -1.69. The van der Waals surface area contributed by atoms with Crippen molar-refractivity contribution in [3.8, 4) is 0 Å². The zero-order valence-corrected chi connectivity index (χ0v) is 18.2. The van der Waals surface area contributed by atoms with Gasteiger partial charge in [-0.2, -0.15) is 15.0 Å². The second kappa shape index (κ2) is 8.99. The van der Waals surface area contributed by atoms with Gasteiger partial charge in [0, 0.05) is 5.25 Å². The molecule has 0 radical (unpaired) electrons. The van der Waals surface area contributed by atoms with E-state index in [1.807, 2.05) is 6.92 Å². The molecule has 1 fully saturated rings. The molecule has 1 saturated carbocycles. The first-order valence-corrected chi connectivity index (χ1v) is 12.0. The van der Waals surface area contributed by atoms with Crippen LogP contribution in [0.4, 0.5) is 16.3 Å². The molecule has 2 atom stereocenters. The lowest BCUT2D eigenvalue weighted by molar-refractivity contribution is 0.263. The van der Waals surface area contributed by atoms with Crippen molar-refractivity contribution in [2.75, 3.05) is 22.9 Å². The fraction of sp³-hybridized carbons (Fsp3) is 0.471. The Balaban J connectivity index is 1.85. The molecule has 1 aliphatic rings. The van der Waals surface area contributed by atoms with Crippen molar-refractivity contribution in [3.05, 3.63) is 34.6 Å². The Bertz CT molecular complexity index is 991. The lowest BCUT2D eigenvalue weighted by Gasteiger charge is -2.17. The summed E-state index contributed by atoms with van der Waals surface area (Å²) in [5.41, 5.74) is 0.677. The number of hydrogen-bond acceptors (Lipinski definition) is 8. The van der Waals surface area contributed by atoms with Crippen molar-refractivity contribution in [2.24, 2.45) is 5.92 Å². The van der Waals surface area contributed by atoms with E-state index >= 15 is 0 Å². The highest BCUT2D eigenvalue weighted by Crippen LogP contribution is 2.36. The molecule has 0 amide bonds. The first-order chi connectivity index (χ1) is 13.6. The molecule has 0 saturated heterocycles. The molecule has 0 spiro atoms. The summed E-state index contributed by atoms with van der Waals surface area (Å²) in [5.74, 6) is -0.164. The molecular weight excluding hydrogens is 441 g/mol. The Morgan fingerprint density at radius 1 is 1.31 bits per heavy atom. The van der Waals surface area contributed by atoms with Crippen LogP contribution in [0.5, 0.6) is 0 Å². The number of anilines is 2. The number of hydrogen-bond donors (Lipinski definition) is 3. The van der Waals surface area contributed by atoms with Crippen LogP contribution in [0.3, 0.4) is 0 Å². The van der Waals surface area contributed by atoms with Gasteiger partial charge in [-0.3, -0.25) is 4.72 Å². The van der Waals surface area contributed by atoms with Crippen molar-refractivity contribution in [1.82, 2.24) is 15.0 Å². The Morgan fingerprint density at radius 3 is 2.59 bits per heavy atom. The minimum absolute atomic E-state index is 0.0346. The lowest BCUT2D eigenvalue weighted by atomic mass is 10.2. The number of rotatable bonds is 9.